The third-order valence-electron chi connectivity index (χ3n) is 4.87. The molecule has 2 fully saturated rings. The molecule has 3 rings (SSSR count). The van der Waals surface area contributed by atoms with Gasteiger partial charge in [-0.05, 0) is 57.0 Å². The molecule has 132 valence electrons. The third-order valence-corrected chi connectivity index (χ3v) is 6.77. The zero-order valence-corrected chi connectivity index (χ0v) is 14.1. The number of aliphatic carboxylic acids is 1. The molecule has 2 atom stereocenters. The topological polar surface area (TPSA) is 77.9 Å². The van der Waals surface area contributed by atoms with Gasteiger partial charge >= 0.3 is 5.97 Å². The number of rotatable bonds is 4. The highest BCUT2D eigenvalue weighted by atomic mass is 32.2. The van der Waals surface area contributed by atoms with Crippen molar-refractivity contribution in [2.75, 3.05) is 19.6 Å². The summed E-state index contributed by atoms with van der Waals surface area (Å²) in [6.07, 6.45) is 3.06. The van der Waals surface area contributed by atoms with Crippen molar-refractivity contribution in [1.29, 1.82) is 0 Å². The lowest BCUT2D eigenvalue weighted by atomic mass is 9.98. The molecule has 2 saturated heterocycles. The number of carboxylic acid groups (broad SMARTS) is 1. The summed E-state index contributed by atoms with van der Waals surface area (Å²) in [6.45, 7) is 2.01. The molecular formula is C16H21FN2O4S. The van der Waals surface area contributed by atoms with Gasteiger partial charge in [0.1, 0.15) is 11.9 Å². The molecule has 0 unspecified atom stereocenters. The zero-order valence-electron chi connectivity index (χ0n) is 13.3. The highest BCUT2D eigenvalue weighted by Crippen LogP contribution is 2.29. The van der Waals surface area contributed by atoms with Gasteiger partial charge in [-0.2, -0.15) is 4.31 Å². The molecule has 0 radical (unpaired) electrons. The van der Waals surface area contributed by atoms with Gasteiger partial charge in [-0.1, -0.05) is 6.07 Å². The summed E-state index contributed by atoms with van der Waals surface area (Å²) in [7, 11) is -4.03. The normalized spacial score (nSPS) is 26.5. The maximum Gasteiger partial charge on any atom is 0.322 e. The Morgan fingerprint density at radius 2 is 1.92 bits per heavy atom. The molecule has 1 aromatic rings. The van der Waals surface area contributed by atoms with E-state index in [1.807, 2.05) is 0 Å². The Morgan fingerprint density at radius 1 is 1.21 bits per heavy atom. The molecule has 0 aromatic heterocycles. The molecule has 0 aliphatic carbocycles. The standard InChI is InChI=1S/C16H21FN2O4S/c17-12-4-3-5-14(10-12)24(22,23)19-9-6-13(11-15(19)16(20)21)18-7-1-2-8-18/h3-5,10,13,15H,1-2,6-9,11H2,(H,20,21)/t13-,15+/m1/s1. The van der Waals surface area contributed by atoms with Crippen LogP contribution in [0.1, 0.15) is 25.7 Å². The Labute approximate surface area is 140 Å². The van der Waals surface area contributed by atoms with Gasteiger partial charge in [-0.25, -0.2) is 12.8 Å². The van der Waals surface area contributed by atoms with E-state index in [0.717, 1.165) is 42.4 Å². The fourth-order valence-corrected chi connectivity index (χ4v) is 5.28. The average Bonchev–Trinajstić information content (AvgIpc) is 3.08. The molecular weight excluding hydrogens is 335 g/mol. The highest BCUT2D eigenvalue weighted by Gasteiger charge is 2.42. The molecule has 8 heteroatoms. The quantitative estimate of drug-likeness (QED) is 0.885. The second kappa shape index (κ2) is 6.78. The predicted octanol–water partition coefficient (Wildman–Crippen LogP) is 1.53. The number of hydrogen-bond acceptors (Lipinski definition) is 4. The first-order valence-electron chi connectivity index (χ1n) is 8.14. The largest absolute Gasteiger partial charge is 0.480 e. The van der Waals surface area contributed by atoms with E-state index in [9.17, 15) is 22.7 Å². The van der Waals surface area contributed by atoms with Crippen molar-refractivity contribution >= 4 is 16.0 Å². The zero-order chi connectivity index (χ0) is 17.3. The van der Waals surface area contributed by atoms with Crippen LogP contribution in [-0.4, -0.2) is 60.4 Å². The number of carboxylic acids is 1. The number of nitrogens with zero attached hydrogens (tertiary/aromatic N) is 2. The number of sulfonamides is 1. The van der Waals surface area contributed by atoms with E-state index in [1.54, 1.807) is 0 Å². The van der Waals surface area contributed by atoms with E-state index in [2.05, 4.69) is 4.90 Å². The average molecular weight is 356 g/mol. The van der Waals surface area contributed by atoms with Crippen LogP contribution in [0, 0.1) is 5.82 Å². The number of benzene rings is 1. The van der Waals surface area contributed by atoms with Crippen molar-refractivity contribution in [1.82, 2.24) is 9.21 Å². The van der Waals surface area contributed by atoms with Crippen LogP contribution in [0.15, 0.2) is 29.2 Å². The summed E-state index contributed by atoms with van der Waals surface area (Å²) in [5, 5.41) is 9.54. The van der Waals surface area contributed by atoms with Crippen LogP contribution < -0.4 is 0 Å². The van der Waals surface area contributed by atoms with Gasteiger partial charge in [-0.15, -0.1) is 0 Å². The second-order valence-corrected chi connectivity index (χ2v) is 8.24. The van der Waals surface area contributed by atoms with Crippen molar-refractivity contribution < 1.29 is 22.7 Å². The molecule has 24 heavy (non-hydrogen) atoms. The van der Waals surface area contributed by atoms with Gasteiger partial charge in [0.05, 0.1) is 4.90 Å². The maximum atomic E-state index is 13.4. The predicted molar refractivity (Wildman–Crippen MR) is 85.5 cm³/mol. The molecule has 0 amide bonds. The van der Waals surface area contributed by atoms with E-state index >= 15 is 0 Å². The van der Waals surface area contributed by atoms with Gasteiger partial charge < -0.3 is 10.0 Å². The Balaban J connectivity index is 1.85. The number of likely N-dealkylation sites (tertiary alicyclic amines) is 1. The smallest absolute Gasteiger partial charge is 0.322 e. The summed E-state index contributed by atoms with van der Waals surface area (Å²) in [4.78, 5) is 13.7. The fourth-order valence-electron chi connectivity index (χ4n) is 3.64. The fraction of sp³-hybridized carbons (Fsp3) is 0.562. The van der Waals surface area contributed by atoms with Crippen LogP contribution in [0.2, 0.25) is 0 Å². The van der Waals surface area contributed by atoms with Crippen LogP contribution in [-0.2, 0) is 14.8 Å². The van der Waals surface area contributed by atoms with Crippen LogP contribution >= 0.6 is 0 Å². The monoisotopic (exact) mass is 356 g/mol. The van der Waals surface area contributed by atoms with E-state index in [1.165, 1.54) is 12.1 Å². The first-order valence-corrected chi connectivity index (χ1v) is 9.58. The molecule has 2 heterocycles. The lowest BCUT2D eigenvalue weighted by Gasteiger charge is -2.39. The van der Waals surface area contributed by atoms with Gasteiger partial charge in [-0.3, -0.25) is 4.79 Å². The van der Waals surface area contributed by atoms with E-state index in [4.69, 9.17) is 0 Å². The lowest BCUT2D eigenvalue weighted by Crippen LogP contribution is -2.54. The van der Waals surface area contributed by atoms with Crippen molar-refractivity contribution in [3.05, 3.63) is 30.1 Å². The van der Waals surface area contributed by atoms with E-state index in [0.29, 0.717) is 6.42 Å². The summed E-state index contributed by atoms with van der Waals surface area (Å²) in [6, 6.07) is 3.68. The van der Waals surface area contributed by atoms with Gasteiger partial charge in [0.25, 0.3) is 0 Å². The van der Waals surface area contributed by atoms with Gasteiger partial charge in [0.2, 0.25) is 10.0 Å². The number of hydrogen-bond donors (Lipinski definition) is 1. The van der Waals surface area contributed by atoms with Crippen LogP contribution in [0.3, 0.4) is 0 Å². The van der Waals surface area contributed by atoms with Gasteiger partial charge in [0, 0.05) is 12.6 Å². The second-order valence-electron chi connectivity index (χ2n) is 6.35. The molecule has 6 nitrogen and oxygen atoms in total. The third kappa shape index (κ3) is 3.31. The Bertz CT molecular complexity index is 719. The number of halogens is 1. The summed E-state index contributed by atoms with van der Waals surface area (Å²) >= 11 is 0. The van der Waals surface area contributed by atoms with Crippen LogP contribution in [0.5, 0.6) is 0 Å². The van der Waals surface area contributed by atoms with Crippen molar-refractivity contribution in [2.24, 2.45) is 0 Å². The highest BCUT2D eigenvalue weighted by molar-refractivity contribution is 7.89. The minimum Gasteiger partial charge on any atom is -0.480 e. The van der Waals surface area contributed by atoms with Crippen molar-refractivity contribution in [3.63, 3.8) is 0 Å². The van der Waals surface area contributed by atoms with Crippen LogP contribution in [0.25, 0.3) is 0 Å². The number of carbonyl (C=O) groups is 1. The van der Waals surface area contributed by atoms with Crippen LogP contribution in [0.4, 0.5) is 4.39 Å². The summed E-state index contributed by atoms with van der Waals surface area (Å²) in [5.41, 5.74) is 0. The number of piperidine rings is 1. The van der Waals surface area contributed by atoms with Crippen molar-refractivity contribution in [3.8, 4) is 0 Å². The Kier molecular flexibility index (Phi) is 4.89. The molecule has 0 spiro atoms. The molecule has 1 N–H and O–H groups in total. The molecule has 0 saturated carbocycles. The summed E-state index contributed by atoms with van der Waals surface area (Å²) < 4.78 is 39.9. The Hall–Kier alpha value is -1.51. The molecule has 2 aliphatic heterocycles. The minimum absolute atomic E-state index is 0.0903. The first-order chi connectivity index (χ1) is 11.4. The van der Waals surface area contributed by atoms with Crippen molar-refractivity contribution in [2.45, 2.75) is 42.7 Å². The maximum absolute atomic E-state index is 13.4. The molecule has 2 aliphatic rings. The van der Waals surface area contributed by atoms with E-state index in [-0.39, 0.29) is 23.9 Å². The molecule has 1 aromatic carbocycles. The minimum atomic E-state index is -4.03. The first kappa shape index (κ1) is 17.3. The lowest BCUT2D eigenvalue weighted by molar-refractivity contribution is -0.143. The summed E-state index contributed by atoms with van der Waals surface area (Å²) in [5.74, 6) is -1.81. The van der Waals surface area contributed by atoms with Gasteiger partial charge in [0.15, 0.2) is 0 Å². The Morgan fingerprint density at radius 3 is 2.54 bits per heavy atom. The molecule has 0 bridgehead atoms. The van der Waals surface area contributed by atoms with E-state index < -0.39 is 27.9 Å². The SMILES string of the molecule is O=C(O)[C@@H]1C[C@H](N2CCCC2)CCN1S(=O)(=O)c1cccc(F)c1.